The topological polar surface area (TPSA) is 111 Å². The van der Waals surface area contributed by atoms with Crippen LogP contribution in [0.3, 0.4) is 0 Å². The highest BCUT2D eigenvalue weighted by Gasteiger charge is 2.33. The van der Waals surface area contributed by atoms with E-state index in [0.717, 1.165) is 19.3 Å². The molecule has 1 amide bonds. The molecule has 9 nitrogen and oxygen atoms in total. The summed E-state index contributed by atoms with van der Waals surface area (Å²) >= 11 is 0. The Balaban J connectivity index is 1.52. The number of hydrogen-bond acceptors (Lipinski definition) is 7. The van der Waals surface area contributed by atoms with Crippen molar-refractivity contribution in [2.75, 3.05) is 32.9 Å². The molecular formula is C22H32N2O7S. The molecule has 2 aliphatic rings. The van der Waals surface area contributed by atoms with Gasteiger partial charge in [-0.25, -0.2) is 8.42 Å². The first-order valence-corrected chi connectivity index (χ1v) is 12.6. The Hall–Kier alpha value is -2.33. The average molecular weight is 469 g/mol. The number of ether oxygens (including phenoxy) is 3. The molecule has 1 aromatic carbocycles. The van der Waals surface area contributed by atoms with E-state index in [1.54, 1.807) is 6.07 Å². The Kier molecular flexibility index (Phi) is 8.36. The predicted octanol–water partition coefficient (Wildman–Crippen LogP) is 2.10. The van der Waals surface area contributed by atoms with Gasteiger partial charge in [0, 0.05) is 31.6 Å². The number of amides is 1. The molecule has 1 unspecified atom stereocenters. The van der Waals surface area contributed by atoms with Crippen LogP contribution in [-0.2, 0) is 24.3 Å². The molecule has 0 aliphatic carbocycles. The van der Waals surface area contributed by atoms with Crippen LogP contribution in [0.1, 0.15) is 46.0 Å². The molecule has 32 heavy (non-hydrogen) atoms. The van der Waals surface area contributed by atoms with E-state index in [-0.39, 0.29) is 36.5 Å². The molecule has 0 bridgehead atoms. The van der Waals surface area contributed by atoms with Crippen molar-refractivity contribution < 1.29 is 32.2 Å². The molecule has 1 aromatic rings. The lowest BCUT2D eigenvalue weighted by Crippen LogP contribution is -2.41. The third-order valence-corrected chi connectivity index (χ3v) is 7.51. The van der Waals surface area contributed by atoms with Gasteiger partial charge in [-0.1, -0.05) is 13.3 Å². The van der Waals surface area contributed by atoms with Crippen LogP contribution in [0.5, 0.6) is 11.5 Å². The van der Waals surface area contributed by atoms with Gasteiger partial charge in [0.2, 0.25) is 10.0 Å². The third-order valence-electron chi connectivity index (χ3n) is 5.62. The van der Waals surface area contributed by atoms with E-state index in [1.807, 2.05) is 13.8 Å². The van der Waals surface area contributed by atoms with Gasteiger partial charge in [-0.15, -0.1) is 0 Å². The molecular weight excluding hydrogens is 436 g/mol. The number of hydrogen-bond donors (Lipinski definition) is 1. The summed E-state index contributed by atoms with van der Waals surface area (Å²) in [5.41, 5.74) is 0. The first-order valence-electron chi connectivity index (χ1n) is 11.2. The first-order chi connectivity index (χ1) is 15.3. The normalized spacial score (nSPS) is 18.4. The second-order valence-electron chi connectivity index (χ2n) is 8.20. The molecule has 0 radical (unpaired) electrons. The molecule has 3 rings (SSSR count). The van der Waals surface area contributed by atoms with Gasteiger partial charge >= 0.3 is 5.97 Å². The molecule has 1 atom stereocenters. The van der Waals surface area contributed by atoms with Gasteiger partial charge in [0.25, 0.3) is 5.91 Å². The fourth-order valence-electron chi connectivity index (χ4n) is 3.86. The summed E-state index contributed by atoms with van der Waals surface area (Å²) in [5.74, 6) is -0.250. The van der Waals surface area contributed by atoms with Crippen LogP contribution in [-0.4, -0.2) is 63.6 Å². The minimum atomic E-state index is -3.72. The molecule has 0 saturated carbocycles. The Bertz CT molecular complexity index is 911. The van der Waals surface area contributed by atoms with Gasteiger partial charge < -0.3 is 19.5 Å². The lowest BCUT2D eigenvalue weighted by Gasteiger charge is -2.30. The summed E-state index contributed by atoms with van der Waals surface area (Å²) in [7, 11) is -3.72. The Morgan fingerprint density at radius 3 is 2.56 bits per heavy atom. The van der Waals surface area contributed by atoms with E-state index >= 15 is 0 Å². The van der Waals surface area contributed by atoms with Gasteiger partial charge in [-0.2, -0.15) is 4.31 Å². The summed E-state index contributed by atoms with van der Waals surface area (Å²) in [6.07, 6.45) is 3.23. The van der Waals surface area contributed by atoms with Crippen molar-refractivity contribution in [2.45, 2.75) is 56.9 Å². The number of rotatable bonds is 8. The van der Waals surface area contributed by atoms with Crippen molar-refractivity contribution in [3.8, 4) is 11.5 Å². The summed E-state index contributed by atoms with van der Waals surface area (Å²) < 4.78 is 43.8. The van der Waals surface area contributed by atoms with E-state index < -0.39 is 21.9 Å². The van der Waals surface area contributed by atoms with Crippen LogP contribution in [0.25, 0.3) is 0 Å². The lowest BCUT2D eigenvalue weighted by atomic mass is 9.98. The second-order valence-corrected chi connectivity index (χ2v) is 10.1. The number of sulfonamides is 1. The third kappa shape index (κ3) is 6.13. The largest absolute Gasteiger partial charge is 0.490 e. The summed E-state index contributed by atoms with van der Waals surface area (Å²) in [4.78, 5) is 24.4. The Morgan fingerprint density at radius 2 is 1.88 bits per heavy atom. The van der Waals surface area contributed by atoms with Crippen LogP contribution in [0, 0.1) is 5.92 Å². The standard InChI is InChI=1S/C22H32N2O7S/c1-3-5-16(2)23-21(25)15-31-22(26)17-8-10-24(11-9-17)32(27,28)18-6-7-19-20(14-18)30-13-4-12-29-19/h6-7,14,16-17H,3-5,8-13,15H2,1-2H3,(H,23,25). The highest BCUT2D eigenvalue weighted by molar-refractivity contribution is 7.89. The van der Waals surface area contributed by atoms with Crippen molar-refractivity contribution in [1.82, 2.24) is 9.62 Å². The van der Waals surface area contributed by atoms with Crippen LogP contribution in [0.15, 0.2) is 23.1 Å². The zero-order valence-electron chi connectivity index (χ0n) is 18.7. The first kappa shape index (κ1) is 24.3. The number of fused-ring (bicyclic) bond motifs is 1. The zero-order chi connectivity index (χ0) is 23.1. The van der Waals surface area contributed by atoms with Crippen molar-refractivity contribution in [2.24, 2.45) is 5.92 Å². The molecule has 0 aromatic heterocycles. The predicted molar refractivity (Wildman–Crippen MR) is 117 cm³/mol. The molecule has 0 spiro atoms. The van der Waals surface area contributed by atoms with Gasteiger partial charge in [-0.05, 0) is 38.3 Å². The van der Waals surface area contributed by atoms with E-state index in [9.17, 15) is 18.0 Å². The summed E-state index contributed by atoms with van der Waals surface area (Å²) in [6.45, 7) is 5.03. The lowest BCUT2D eigenvalue weighted by molar-refractivity contribution is -0.153. The highest BCUT2D eigenvalue weighted by Crippen LogP contribution is 2.33. The van der Waals surface area contributed by atoms with Crippen LogP contribution < -0.4 is 14.8 Å². The Labute approximate surface area is 189 Å². The fraction of sp³-hybridized carbons (Fsp3) is 0.636. The summed E-state index contributed by atoms with van der Waals surface area (Å²) in [6, 6.07) is 4.66. The molecule has 1 N–H and O–H groups in total. The van der Waals surface area contributed by atoms with E-state index in [2.05, 4.69) is 5.32 Å². The minimum Gasteiger partial charge on any atom is -0.490 e. The SMILES string of the molecule is CCCC(C)NC(=O)COC(=O)C1CCN(S(=O)(=O)c2ccc3c(c2)OCCCO3)CC1. The van der Waals surface area contributed by atoms with Crippen molar-refractivity contribution in [3.05, 3.63) is 18.2 Å². The molecule has 1 fully saturated rings. The maximum Gasteiger partial charge on any atom is 0.309 e. The van der Waals surface area contributed by atoms with Gasteiger partial charge in [0.1, 0.15) is 0 Å². The zero-order valence-corrected chi connectivity index (χ0v) is 19.5. The average Bonchev–Trinajstić information content (AvgIpc) is 3.02. The minimum absolute atomic E-state index is 0.0320. The van der Waals surface area contributed by atoms with Crippen LogP contribution in [0.2, 0.25) is 0 Å². The number of benzene rings is 1. The van der Waals surface area contributed by atoms with E-state index in [1.165, 1.54) is 16.4 Å². The maximum absolute atomic E-state index is 13.1. The molecule has 10 heteroatoms. The number of esters is 1. The smallest absolute Gasteiger partial charge is 0.309 e. The monoisotopic (exact) mass is 468 g/mol. The van der Waals surface area contributed by atoms with E-state index in [0.29, 0.717) is 37.6 Å². The number of nitrogens with zero attached hydrogens (tertiary/aromatic N) is 1. The van der Waals surface area contributed by atoms with Gasteiger partial charge in [0.15, 0.2) is 18.1 Å². The van der Waals surface area contributed by atoms with E-state index in [4.69, 9.17) is 14.2 Å². The number of carbonyl (C=O) groups excluding carboxylic acids is 2. The van der Waals surface area contributed by atoms with Crippen molar-refractivity contribution in [3.63, 3.8) is 0 Å². The molecule has 1 saturated heterocycles. The summed E-state index contributed by atoms with van der Waals surface area (Å²) in [5, 5.41) is 2.79. The van der Waals surface area contributed by atoms with Gasteiger partial charge in [0.05, 0.1) is 24.0 Å². The molecule has 2 heterocycles. The number of nitrogens with one attached hydrogen (secondary N) is 1. The number of carbonyl (C=O) groups is 2. The Morgan fingerprint density at radius 1 is 1.19 bits per heavy atom. The quantitative estimate of drug-likeness (QED) is 0.582. The van der Waals surface area contributed by atoms with Crippen molar-refractivity contribution in [1.29, 1.82) is 0 Å². The van der Waals surface area contributed by atoms with Crippen LogP contribution in [0.4, 0.5) is 0 Å². The van der Waals surface area contributed by atoms with Crippen LogP contribution >= 0.6 is 0 Å². The highest BCUT2D eigenvalue weighted by atomic mass is 32.2. The second kappa shape index (κ2) is 11.0. The maximum atomic E-state index is 13.1. The molecule has 178 valence electrons. The number of piperidine rings is 1. The molecule has 2 aliphatic heterocycles. The fourth-order valence-corrected chi connectivity index (χ4v) is 5.35. The van der Waals surface area contributed by atoms with Gasteiger partial charge in [-0.3, -0.25) is 9.59 Å². The van der Waals surface area contributed by atoms with Crippen molar-refractivity contribution >= 4 is 21.9 Å².